The molecule has 0 bridgehead atoms. The Morgan fingerprint density at radius 2 is 0.860 bits per heavy atom. The molecule has 7 aromatic rings. The van der Waals surface area contributed by atoms with Crippen molar-refractivity contribution in [2.75, 3.05) is 0 Å². The van der Waals surface area contributed by atoms with Crippen molar-refractivity contribution < 1.29 is 18.6 Å². The van der Waals surface area contributed by atoms with Crippen LogP contribution in [0.2, 0.25) is 0 Å². The summed E-state index contributed by atoms with van der Waals surface area (Å²) in [5.74, 6) is 0. The summed E-state index contributed by atoms with van der Waals surface area (Å²) in [6, 6.07) is 39.1. The summed E-state index contributed by atoms with van der Waals surface area (Å²) in [7, 11) is -0.944. The molecule has 6 nitrogen and oxygen atoms in total. The molecular formula is C42H41B2N2O4+. The molecule has 5 aromatic carbocycles. The molecule has 2 aromatic heterocycles. The van der Waals surface area contributed by atoms with E-state index in [2.05, 4.69) is 153 Å². The zero-order chi connectivity index (χ0) is 34.8. The van der Waals surface area contributed by atoms with Gasteiger partial charge < -0.3 is 27.8 Å². The van der Waals surface area contributed by atoms with Gasteiger partial charge in [0.25, 0.3) is 0 Å². The lowest BCUT2D eigenvalue weighted by atomic mass is 9.79. The van der Waals surface area contributed by atoms with Crippen LogP contribution in [0.25, 0.3) is 55.0 Å². The molecule has 0 N–H and O–H groups in total. The quantitative estimate of drug-likeness (QED) is 0.141. The maximum atomic E-state index is 6.46. The van der Waals surface area contributed by atoms with Crippen LogP contribution in [0.5, 0.6) is 0 Å². The first-order valence-electron chi connectivity index (χ1n) is 17.5. The van der Waals surface area contributed by atoms with Gasteiger partial charge in [-0.15, -0.1) is 0 Å². The molecule has 50 heavy (non-hydrogen) atoms. The Balaban J connectivity index is 1.24. The highest BCUT2D eigenvalue weighted by atomic mass is 16.7. The Kier molecular flexibility index (Phi) is 6.64. The van der Waals surface area contributed by atoms with E-state index in [0.29, 0.717) is 0 Å². The third-order valence-corrected chi connectivity index (χ3v) is 11.6. The van der Waals surface area contributed by atoms with Gasteiger partial charge in [-0.25, -0.2) is 0 Å². The third-order valence-electron chi connectivity index (χ3n) is 11.6. The van der Waals surface area contributed by atoms with Gasteiger partial charge in [0.1, 0.15) is 5.60 Å². The SMILES string of the molecule is [CH2+]C1(C)OB(c2cccc(-n3c4ccccc4c4cc5c(cc43)c3ccccc3n5-c3cccc(B4OC(C)(C)C(C)(C)O4)c3)c2)OC1(C)C. The molecule has 2 aliphatic heterocycles. The van der Waals surface area contributed by atoms with E-state index in [4.69, 9.17) is 18.6 Å². The van der Waals surface area contributed by atoms with E-state index in [1.54, 1.807) is 0 Å². The first-order chi connectivity index (χ1) is 23.7. The molecule has 2 fully saturated rings. The number of nitrogens with zero attached hydrogens (tertiary/aromatic N) is 2. The maximum absolute atomic E-state index is 6.46. The van der Waals surface area contributed by atoms with Gasteiger partial charge in [0, 0.05) is 39.8 Å². The molecule has 0 amide bonds. The average molecular weight is 659 g/mol. The standard InChI is InChI=1S/C42H41B2N2O4/c1-39(2)40(3,4)48-43(47-39)27-15-13-17-29(23-27)45-35-21-11-9-19-31(35)33-26-38-34(25-37(33)45)32-20-10-12-22-36(32)46(38)30-18-14-16-28(24-30)44-49-41(5,6)42(7,8)50-44/h9-26H,1H2,2-8H3/q+1. The largest absolute Gasteiger partial charge is 0.498 e. The first kappa shape index (κ1) is 31.5. The van der Waals surface area contributed by atoms with Gasteiger partial charge in [0.15, 0.2) is 0 Å². The van der Waals surface area contributed by atoms with E-state index in [1.807, 2.05) is 20.8 Å². The minimum Gasteiger partial charge on any atom is -0.399 e. The summed E-state index contributed by atoms with van der Waals surface area (Å²) >= 11 is 0. The van der Waals surface area contributed by atoms with Crippen LogP contribution in [0.3, 0.4) is 0 Å². The van der Waals surface area contributed by atoms with Crippen molar-refractivity contribution in [1.29, 1.82) is 0 Å². The molecule has 0 radical (unpaired) electrons. The minimum absolute atomic E-state index is 0.415. The third kappa shape index (κ3) is 4.55. The lowest BCUT2D eigenvalue weighted by Crippen LogP contribution is -2.42. The van der Waals surface area contributed by atoms with Gasteiger partial charge in [-0.1, -0.05) is 60.7 Å². The van der Waals surface area contributed by atoms with Gasteiger partial charge in [-0.05, 0) is 101 Å². The van der Waals surface area contributed by atoms with Crippen LogP contribution in [0, 0.1) is 6.92 Å². The molecule has 9 rings (SSSR count). The highest BCUT2D eigenvalue weighted by Crippen LogP contribution is 2.41. The molecule has 2 aliphatic rings. The predicted octanol–water partition coefficient (Wildman–Crippen LogP) is 8.29. The highest BCUT2D eigenvalue weighted by molar-refractivity contribution is 6.62. The number of rotatable bonds is 4. The smallest absolute Gasteiger partial charge is 0.399 e. The van der Waals surface area contributed by atoms with Crippen molar-refractivity contribution >= 4 is 68.8 Å². The highest BCUT2D eigenvalue weighted by Gasteiger charge is 2.57. The Bertz CT molecular complexity index is 2290. The van der Waals surface area contributed by atoms with Crippen molar-refractivity contribution in [3.63, 3.8) is 0 Å². The van der Waals surface area contributed by atoms with Crippen molar-refractivity contribution in [3.05, 3.63) is 116 Å². The lowest BCUT2D eigenvalue weighted by Gasteiger charge is -2.32. The second-order valence-electron chi connectivity index (χ2n) is 15.7. The minimum atomic E-state index is -0.663. The van der Waals surface area contributed by atoms with Gasteiger partial charge >= 0.3 is 14.2 Å². The van der Waals surface area contributed by atoms with Crippen LogP contribution >= 0.6 is 0 Å². The molecule has 248 valence electrons. The summed E-state index contributed by atoms with van der Waals surface area (Å²) < 4.78 is 30.4. The number of hydrogen-bond donors (Lipinski definition) is 0. The van der Waals surface area contributed by atoms with E-state index < -0.39 is 36.6 Å². The van der Waals surface area contributed by atoms with Crippen molar-refractivity contribution in [2.24, 2.45) is 0 Å². The molecule has 2 saturated heterocycles. The molecule has 0 aliphatic carbocycles. The lowest BCUT2D eigenvalue weighted by molar-refractivity contribution is 0.00578. The van der Waals surface area contributed by atoms with Crippen molar-refractivity contribution in [1.82, 2.24) is 9.13 Å². The second kappa shape index (κ2) is 10.5. The zero-order valence-corrected chi connectivity index (χ0v) is 29.8. The zero-order valence-electron chi connectivity index (χ0n) is 29.8. The fourth-order valence-corrected chi connectivity index (χ4v) is 7.52. The molecule has 8 heteroatoms. The summed E-state index contributed by atoms with van der Waals surface area (Å²) in [5, 5.41) is 4.76. The topological polar surface area (TPSA) is 46.8 Å². The molecule has 4 heterocycles. The number of aromatic nitrogens is 2. The van der Waals surface area contributed by atoms with Crippen LogP contribution in [0.1, 0.15) is 48.5 Å². The number of hydrogen-bond acceptors (Lipinski definition) is 4. The van der Waals surface area contributed by atoms with Gasteiger partial charge in [-0.3, -0.25) is 0 Å². The fraction of sp³-hybridized carbons (Fsp3) is 0.262. The van der Waals surface area contributed by atoms with Crippen LogP contribution in [-0.4, -0.2) is 45.8 Å². The molecule has 0 saturated carbocycles. The fourth-order valence-electron chi connectivity index (χ4n) is 7.52. The summed E-state index contributed by atoms with van der Waals surface area (Å²) in [6.07, 6.45) is 0. The van der Waals surface area contributed by atoms with Crippen LogP contribution in [-0.2, 0) is 18.6 Å². The Morgan fingerprint density at radius 3 is 1.30 bits per heavy atom. The number of benzene rings is 5. The van der Waals surface area contributed by atoms with E-state index in [-0.39, 0.29) is 0 Å². The maximum Gasteiger partial charge on any atom is 0.498 e. The monoisotopic (exact) mass is 659 g/mol. The second-order valence-corrected chi connectivity index (χ2v) is 15.7. The first-order valence-corrected chi connectivity index (χ1v) is 17.5. The van der Waals surface area contributed by atoms with Crippen molar-refractivity contribution in [2.45, 2.75) is 70.9 Å². The van der Waals surface area contributed by atoms with Crippen LogP contribution in [0.15, 0.2) is 109 Å². The molecular weight excluding hydrogens is 618 g/mol. The molecule has 1 unspecified atom stereocenters. The van der Waals surface area contributed by atoms with Crippen molar-refractivity contribution in [3.8, 4) is 11.4 Å². The van der Waals surface area contributed by atoms with Gasteiger partial charge in [0.05, 0.1) is 40.2 Å². The van der Waals surface area contributed by atoms with Gasteiger partial charge in [-0.2, -0.15) is 0 Å². The number of fused-ring (bicyclic) bond motifs is 6. The normalized spacial score (nSPS) is 21.3. The van der Waals surface area contributed by atoms with Gasteiger partial charge in [0.2, 0.25) is 5.60 Å². The Morgan fingerprint density at radius 1 is 0.440 bits per heavy atom. The average Bonchev–Trinajstić information content (AvgIpc) is 3.72. The van der Waals surface area contributed by atoms with Crippen LogP contribution < -0.4 is 10.9 Å². The summed E-state index contributed by atoms with van der Waals surface area (Å²) in [6.45, 7) is 18.7. The van der Waals surface area contributed by atoms with E-state index in [9.17, 15) is 0 Å². The predicted molar refractivity (Wildman–Crippen MR) is 206 cm³/mol. The van der Waals surface area contributed by atoms with E-state index in [1.165, 1.54) is 21.5 Å². The Hall–Kier alpha value is -4.46. The Labute approximate surface area is 294 Å². The summed E-state index contributed by atoms with van der Waals surface area (Å²) in [4.78, 5) is 0. The van der Waals surface area contributed by atoms with E-state index >= 15 is 0 Å². The van der Waals surface area contributed by atoms with Crippen LogP contribution in [0.4, 0.5) is 0 Å². The molecule has 1 atom stereocenters. The summed E-state index contributed by atoms with van der Waals surface area (Å²) in [5.41, 5.74) is 6.64. The number of para-hydroxylation sites is 2. The molecule has 0 spiro atoms. The van der Waals surface area contributed by atoms with E-state index in [0.717, 1.165) is 44.4 Å².